The van der Waals surface area contributed by atoms with Crippen LogP contribution in [0.5, 0.6) is 0 Å². The van der Waals surface area contributed by atoms with Gasteiger partial charge in [-0.2, -0.15) is 0 Å². The Labute approximate surface area is 175 Å². The second kappa shape index (κ2) is 6.92. The van der Waals surface area contributed by atoms with Crippen molar-refractivity contribution >= 4 is 19.4 Å². The van der Waals surface area contributed by atoms with E-state index in [0.717, 1.165) is 12.0 Å². The highest BCUT2D eigenvalue weighted by Gasteiger charge is 2.68. The number of rotatable bonds is 4. The third-order valence-corrected chi connectivity index (χ3v) is 8.91. The number of hydrogen-bond acceptors (Lipinski definition) is 8. The normalized spacial score (nSPS) is 45.4. The summed E-state index contributed by atoms with van der Waals surface area (Å²) < 4.78 is 14.9. The SMILES string of the molecule is C[C@]12C=CC(=O)C=C1CC[C@@H]1C2C(O)C[C@@]2(C)[C@H]1CC[C@]2(O)C(=O)COP(=O)([O-])[O-]. The highest BCUT2D eigenvalue weighted by molar-refractivity contribution is 7.43. The molecule has 2 N–H and O–H groups in total. The Kier molecular flexibility index (Phi) is 5.09. The Morgan fingerprint density at radius 3 is 2.70 bits per heavy atom. The number of Topliss-reactive ketones (excluding diaryl/α,β-unsaturated/α-hetero) is 1. The minimum Gasteiger partial charge on any atom is -0.790 e. The number of aliphatic hydroxyl groups excluding tert-OH is 1. The largest absolute Gasteiger partial charge is 0.790 e. The fraction of sp³-hybridized carbons (Fsp3) is 0.714. The summed E-state index contributed by atoms with van der Waals surface area (Å²) in [7, 11) is -5.34. The minimum absolute atomic E-state index is 0.0339. The van der Waals surface area contributed by atoms with Crippen LogP contribution < -0.4 is 9.79 Å². The lowest BCUT2D eigenvalue weighted by atomic mass is 9.46. The Balaban J connectivity index is 1.65. The average Bonchev–Trinajstić information content (AvgIpc) is 2.91. The van der Waals surface area contributed by atoms with E-state index in [1.54, 1.807) is 19.1 Å². The molecule has 0 bridgehead atoms. The molecular weight excluding hydrogens is 411 g/mol. The van der Waals surface area contributed by atoms with Gasteiger partial charge in [0, 0.05) is 16.7 Å². The third-order valence-electron chi connectivity index (χ3n) is 8.46. The van der Waals surface area contributed by atoms with Crippen LogP contribution in [0.15, 0.2) is 23.8 Å². The molecule has 0 amide bonds. The molecule has 0 heterocycles. The first-order valence-corrected chi connectivity index (χ1v) is 11.8. The first-order valence-electron chi connectivity index (χ1n) is 10.4. The zero-order valence-electron chi connectivity index (χ0n) is 17.1. The quantitative estimate of drug-likeness (QED) is 0.600. The van der Waals surface area contributed by atoms with E-state index in [4.69, 9.17) is 0 Å². The molecule has 2 unspecified atom stereocenters. The molecule has 4 aliphatic carbocycles. The minimum atomic E-state index is -5.34. The molecule has 3 saturated carbocycles. The van der Waals surface area contributed by atoms with Gasteiger partial charge in [-0.3, -0.25) is 9.59 Å². The second-order valence-electron chi connectivity index (χ2n) is 9.75. The van der Waals surface area contributed by atoms with E-state index in [0.29, 0.717) is 12.8 Å². The standard InChI is InChI=1S/C21H29O8P/c1-19-7-5-13(22)9-12(19)3-4-14-15-6-8-21(25,17(24)11-29-30(26,27)28)20(15,2)10-16(23)18(14)19/h5,7,9,14-16,18,23,25H,3-4,6,8,10-11H2,1-2H3,(H2,26,27,28)/p-2/t14-,15-,16?,18?,19-,20-,21-/m0/s1. The van der Waals surface area contributed by atoms with Gasteiger partial charge < -0.3 is 29.1 Å². The summed E-state index contributed by atoms with van der Waals surface area (Å²) in [6.45, 7) is 2.80. The molecule has 0 spiro atoms. The Morgan fingerprint density at radius 1 is 1.33 bits per heavy atom. The molecule has 0 aromatic heterocycles. The summed E-state index contributed by atoms with van der Waals surface area (Å²) in [5, 5.41) is 22.6. The first kappa shape index (κ1) is 22.1. The van der Waals surface area contributed by atoms with Gasteiger partial charge in [0.15, 0.2) is 11.6 Å². The maximum Gasteiger partial charge on any atom is 0.190 e. The lowest BCUT2D eigenvalue weighted by Gasteiger charge is -2.59. The molecule has 0 saturated heterocycles. The van der Waals surface area contributed by atoms with Crippen LogP contribution in [0, 0.1) is 28.6 Å². The molecule has 4 rings (SSSR count). The smallest absolute Gasteiger partial charge is 0.190 e. The van der Waals surface area contributed by atoms with Gasteiger partial charge in [0.05, 0.1) is 13.9 Å². The summed E-state index contributed by atoms with van der Waals surface area (Å²) in [4.78, 5) is 46.2. The van der Waals surface area contributed by atoms with Crippen molar-refractivity contribution < 1.29 is 38.7 Å². The molecule has 3 fully saturated rings. The van der Waals surface area contributed by atoms with Gasteiger partial charge in [-0.1, -0.05) is 25.5 Å². The lowest BCUT2D eigenvalue weighted by Crippen LogP contribution is -2.61. The molecule has 4 aliphatic rings. The van der Waals surface area contributed by atoms with Crippen molar-refractivity contribution in [3.63, 3.8) is 0 Å². The number of carbonyl (C=O) groups excluding carboxylic acids is 2. The zero-order chi connectivity index (χ0) is 22.1. The zero-order valence-corrected chi connectivity index (χ0v) is 18.0. The van der Waals surface area contributed by atoms with Crippen LogP contribution in [-0.2, 0) is 18.7 Å². The Bertz CT molecular complexity index is 889. The van der Waals surface area contributed by atoms with Crippen LogP contribution in [0.25, 0.3) is 0 Å². The van der Waals surface area contributed by atoms with E-state index in [1.807, 2.05) is 13.0 Å². The summed E-state index contributed by atoms with van der Waals surface area (Å²) in [5.74, 6) is -1.05. The third kappa shape index (κ3) is 3.12. The molecule has 7 atom stereocenters. The van der Waals surface area contributed by atoms with Gasteiger partial charge in [0.1, 0.15) is 12.2 Å². The van der Waals surface area contributed by atoms with Gasteiger partial charge in [-0.15, -0.1) is 0 Å². The summed E-state index contributed by atoms with van der Waals surface area (Å²) in [6, 6.07) is 0. The van der Waals surface area contributed by atoms with Crippen molar-refractivity contribution in [2.45, 2.75) is 57.7 Å². The van der Waals surface area contributed by atoms with Crippen molar-refractivity contribution in [1.82, 2.24) is 0 Å². The highest BCUT2D eigenvalue weighted by atomic mass is 31.2. The van der Waals surface area contributed by atoms with Gasteiger partial charge in [0.2, 0.25) is 0 Å². The maximum atomic E-state index is 12.8. The van der Waals surface area contributed by atoms with Crippen LogP contribution in [-0.4, -0.2) is 40.1 Å². The molecule has 0 aliphatic heterocycles. The number of fused-ring (bicyclic) bond motifs is 5. The molecule has 0 radical (unpaired) electrons. The molecular formula is C21H27O8P-2. The number of phosphoric acid groups is 1. The summed E-state index contributed by atoms with van der Waals surface area (Å²) in [5.41, 5.74) is -2.27. The van der Waals surface area contributed by atoms with E-state index >= 15 is 0 Å². The summed E-state index contributed by atoms with van der Waals surface area (Å²) in [6.07, 6.45) is 6.56. The summed E-state index contributed by atoms with van der Waals surface area (Å²) >= 11 is 0. The van der Waals surface area contributed by atoms with Gasteiger partial charge >= 0.3 is 0 Å². The van der Waals surface area contributed by atoms with E-state index in [2.05, 4.69) is 4.52 Å². The lowest BCUT2D eigenvalue weighted by molar-refractivity contribution is -0.341. The number of phosphoric ester groups is 1. The molecule has 0 aromatic rings. The number of allylic oxidation sites excluding steroid dienone is 4. The van der Waals surface area contributed by atoms with E-state index in [-0.39, 0.29) is 36.4 Å². The van der Waals surface area contributed by atoms with Crippen LogP contribution in [0.3, 0.4) is 0 Å². The highest BCUT2D eigenvalue weighted by Crippen LogP contribution is 2.67. The molecule has 9 heteroatoms. The van der Waals surface area contributed by atoms with Crippen LogP contribution in [0.4, 0.5) is 0 Å². The van der Waals surface area contributed by atoms with Crippen molar-refractivity contribution in [2.75, 3.05) is 6.61 Å². The molecule has 0 aromatic carbocycles. The van der Waals surface area contributed by atoms with Crippen LogP contribution in [0.2, 0.25) is 0 Å². The van der Waals surface area contributed by atoms with E-state index < -0.39 is 42.7 Å². The second-order valence-corrected chi connectivity index (χ2v) is 10.9. The van der Waals surface area contributed by atoms with Gasteiger partial charge in [0.25, 0.3) is 0 Å². The number of ketones is 2. The number of carbonyl (C=O) groups is 2. The molecule has 30 heavy (non-hydrogen) atoms. The van der Waals surface area contributed by atoms with E-state index in [1.165, 1.54) is 0 Å². The Morgan fingerprint density at radius 2 is 2.03 bits per heavy atom. The number of hydrogen-bond donors (Lipinski definition) is 2. The fourth-order valence-electron chi connectivity index (χ4n) is 7.05. The van der Waals surface area contributed by atoms with Crippen molar-refractivity contribution in [3.05, 3.63) is 23.8 Å². The average molecular weight is 438 g/mol. The number of aliphatic hydroxyl groups is 2. The van der Waals surface area contributed by atoms with E-state index in [9.17, 15) is 34.2 Å². The first-order chi connectivity index (χ1) is 13.8. The topological polar surface area (TPSA) is 147 Å². The van der Waals surface area contributed by atoms with Crippen LogP contribution in [0.1, 0.15) is 46.0 Å². The maximum absolute atomic E-state index is 12.8. The molecule has 166 valence electrons. The van der Waals surface area contributed by atoms with Crippen molar-refractivity contribution in [2.24, 2.45) is 28.6 Å². The van der Waals surface area contributed by atoms with Crippen molar-refractivity contribution in [3.8, 4) is 0 Å². The fourth-order valence-corrected chi connectivity index (χ4v) is 7.32. The predicted octanol–water partition coefficient (Wildman–Crippen LogP) is 0.411. The molecule has 8 nitrogen and oxygen atoms in total. The monoisotopic (exact) mass is 438 g/mol. The van der Waals surface area contributed by atoms with Crippen molar-refractivity contribution in [1.29, 1.82) is 0 Å². The van der Waals surface area contributed by atoms with Crippen LogP contribution >= 0.6 is 7.82 Å². The van der Waals surface area contributed by atoms with Gasteiger partial charge in [-0.05, 0) is 56.1 Å². The Hall–Kier alpha value is -1.15. The van der Waals surface area contributed by atoms with Gasteiger partial charge in [-0.25, -0.2) is 0 Å². The predicted molar refractivity (Wildman–Crippen MR) is 102 cm³/mol.